The Bertz CT molecular complexity index is 1080. The van der Waals surface area contributed by atoms with E-state index in [2.05, 4.69) is 16.0 Å². The van der Waals surface area contributed by atoms with Crippen LogP contribution >= 0.6 is 0 Å². The number of methoxy groups -OCH3 is 1. The number of amides is 4. The third-order valence-corrected chi connectivity index (χ3v) is 5.68. The molecule has 0 radical (unpaired) electrons. The van der Waals surface area contributed by atoms with Crippen LogP contribution in [0.2, 0.25) is 0 Å². The first kappa shape index (κ1) is 26.5. The van der Waals surface area contributed by atoms with Gasteiger partial charge in [-0.25, -0.2) is 0 Å². The fourth-order valence-electron chi connectivity index (χ4n) is 3.68. The molecule has 0 unspecified atom stereocenters. The minimum Gasteiger partial charge on any atom is -0.493 e. The molecule has 4 amide bonds. The fraction of sp³-hybridized carbons (Fsp3) is 0.385. The van der Waals surface area contributed by atoms with Crippen molar-refractivity contribution in [1.82, 2.24) is 20.9 Å². The molecule has 10 heteroatoms. The zero-order valence-electron chi connectivity index (χ0n) is 20.5. The lowest BCUT2D eigenvalue weighted by molar-refractivity contribution is -0.134. The molecule has 10 nitrogen and oxygen atoms in total. The molecule has 0 saturated heterocycles. The second-order valence-corrected chi connectivity index (χ2v) is 8.42. The molecule has 1 aliphatic rings. The van der Waals surface area contributed by atoms with Crippen LogP contribution in [0.5, 0.6) is 11.5 Å². The van der Waals surface area contributed by atoms with Gasteiger partial charge in [0.2, 0.25) is 17.7 Å². The predicted octanol–water partition coefficient (Wildman–Crippen LogP) is 0.900. The summed E-state index contributed by atoms with van der Waals surface area (Å²) in [5, 5.41) is 8.28. The van der Waals surface area contributed by atoms with E-state index in [1.165, 1.54) is 19.1 Å². The number of nitrogens with zero attached hydrogens (tertiary/aromatic N) is 1. The van der Waals surface area contributed by atoms with Crippen LogP contribution in [0.3, 0.4) is 0 Å². The van der Waals surface area contributed by atoms with Crippen molar-refractivity contribution in [1.29, 1.82) is 0 Å². The van der Waals surface area contributed by atoms with E-state index in [1.807, 2.05) is 30.3 Å². The van der Waals surface area contributed by atoms with Crippen molar-refractivity contribution in [3.8, 4) is 11.5 Å². The van der Waals surface area contributed by atoms with E-state index in [1.54, 1.807) is 18.2 Å². The SMILES string of the molecule is COc1ccc2cc1OCCCNC(=O)CN(C)C(=O)CCNC(=O)[C@H](Cc1ccccc1)NC2=O. The molecule has 1 aliphatic heterocycles. The van der Waals surface area contributed by atoms with Gasteiger partial charge in [0.1, 0.15) is 6.04 Å². The van der Waals surface area contributed by atoms with Gasteiger partial charge in [-0.1, -0.05) is 30.3 Å². The first-order valence-electron chi connectivity index (χ1n) is 11.8. The minimum absolute atomic E-state index is 0.0250. The van der Waals surface area contributed by atoms with Crippen molar-refractivity contribution in [2.45, 2.75) is 25.3 Å². The largest absolute Gasteiger partial charge is 0.493 e. The van der Waals surface area contributed by atoms with Crippen LogP contribution in [0.15, 0.2) is 48.5 Å². The van der Waals surface area contributed by atoms with Crippen LogP contribution in [-0.2, 0) is 20.8 Å². The zero-order chi connectivity index (χ0) is 25.9. The topological polar surface area (TPSA) is 126 Å². The zero-order valence-corrected chi connectivity index (χ0v) is 20.5. The smallest absolute Gasteiger partial charge is 0.252 e. The number of benzene rings is 2. The molecule has 3 N–H and O–H groups in total. The number of hydrogen-bond donors (Lipinski definition) is 3. The highest BCUT2D eigenvalue weighted by Gasteiger charge is 2.23. The molecule has 0 aliphatic carbocycles. The Morgan fingerprint density at radius 1 is 1.03 bits per heavy atom. The summed E-state index contributed by atoms with van der Waals surface area (Å²) < 4.78 is 11.1. The molecule has 0 saturated carbocycles. The normalized spacial score (nSPS) is 18.5. The quantitative estimate of drug-likeness (QED) is 0.580. The van der Waals surface area contributed by atoms with E-state index in [4.69, 9.17) is 9.47 Å². The predicted molar refractivity (Wildman–Crippen MR) is 133 cm³/mol. The van der Waals surface area contributed by atoms with E-state index in [-0.39, 0.29) is 44.4 Å². The number of hydrogen-bond acceptors (Lipinski definition) is 6. The van der Waals surface area contributed by atoms with E-state index >= 15 is 0 Å². The van der Waals surface area contributed by atoms with Crippen molar-refractivity contribution in [3.63, 3.8) is 0 Å². The monoisotopic (exact) mass is 496 g/mol. The maximum atomic E-state index is 13.1. The van der Waals surface area contributed by atoms with E-state index in [0.29, 0.717) is 30.0 Å². The Labute approximate surface area is 210 Å². The van der Waals surface area contributed by atoms with Gasteiger partial charge in [0.25, 0.3) is 5.91 Å². The summed E-state index contributed by atoms with van der Waals surface area (Å²) in [6, 6.07) is 13.2. The first-order chi connectivity index (χ1) is 17.4. The number of fused-ring (bicyclic) bond motifs is 2. The lowest BCUT2D eigenvalue weighted by atomic mass is 10.0. The number of carbonyl (C=O) groups excluding carboxylic acids is 4. The number of ether oxygens (including phenoxy) is 2. The van der Waals surface area contributed by atoms with Crippen LogP contribution in [0.1, 0.15) is 28.8 Å². The van der Waals surface area contributed by atoms with Crippen LogP contribution in [-0.4, -0.2) is 75.0 Å². The van der Waals surface area contributed by atoms with Crippen molar-refractivity contribution >= 4 is 23.6 Å². The Morgan fingerprint density at radius 3 is 2.56 bits per heavy atom. The van der Waals surface area contributed by atoms with Gasteiger partial charge in [0.15, 0.2) is 11.5 Å². The molecule has 192 valence electrons. The summed E-state index contributed by atoms with van der Waals surface area (Å²) in [6.07, 6.45) is 0.809. The van der Waals surface area contributed by atoms with Crippen molar-refractivity contribution in [2.24, 2.45) is 0 Å². The van der Waals surface area contributed by atoms with Gasteiger partial charge in [0, 0.05) is 38.5 Å². The number of nitrogens with one attached hydrogen (secondary N) is 3. The summed E-state index contributed by atoms with van der Waals surface area (Å²) in [5.74, 6) is -0.588. The highest BCUT2D eigenvalue weighted by Crippen LogP contribution is 2.28. The molecular formula is C26H32N4O6. The molecule has 0 aromatic heterocycles. The van der Waals surface area contributed by atoms with Gasteiger partial charge in [-0.05, 0) is 30.2 Å². The molecule has 1 heterocycles. The molecule has 2 aromatic rings. The Kier molecular flexibility index (Phi) is 9.67. The molecule has 2 bridgehead atoms. The van der Waals surface area contributed by atoms with E-state index < -0.39 is 17.9 Å². The number of carbonyl (C=O) groups is 4. The summed E-state index contributed by atoms with van der Waals surface area (Å²) in [6.45, 7) is 0.623. The Morgan fingerprint density at radius 2 is 1.81 bits per heavy atom. The summed E-state index contributed by atoms with van der Waals surface area (Å²) in [5.41, 5.74) is 1.18. The summed E-state index contributed by atoms with van der Waals surface area (Å²) in [7, 11) is 3.04. The fourth-order valence-corrected chi connectivity index (χ4v) is 3.68. The van der Waals surface area contributed by atoms with Gasteiger partial charge in [0.05, 0.1) is 20.3 Å². The maximum absolute atomic E-state index is 13.1. The van der Waals surface area contributed by atoms with Crippen molar-refractivity contribution in [3.05, 3.63) is 59.7 Å². The summed E-state index contributed by atoms with van der Waals surface area (Å²) >= 11 is 0. The third kappa shape index (κ3) is 7.72. The average Bonchev–Trinajstić information content (AvgIpc) is 2.87. The van der Waals surface area contributed by atoms with Crippen molar-refractivity contribution in [2.75, 3.05) is 40.4 Å². The molecule has 3 rings (SSSR count). The number of likely N-dealkylation sites (N-methyl/N-ethyl adjacent to an activating group) is 1. The average molecular weight is 497 g/mol. The Hall–Kier alpha value is -4.08. The van der Waals surface area contributed by atoms with Gasteiger partial charge in [-0.15, -0.1) is 0 Å². The van der Waals surface area contributed by atoms with Crippen LogP contribution in [0.25, 0.3) is 0 Å². The minimum atomic E-state index is -0.868. The molecule has 36 heavy (non-hydrogen) atoms. The van der Waals surface area contributed by atoms with Gasteiger partial charge < -0.3 is 30.3 Å². The molecule has 2 aromatic carbocycles. The number of rotatable bonds is 3. The Balaban J connectivity index is 1.83. The van der Waals surface area contributed by atoms with E-state index in [9.17, 15) is 19.2 Å². The maximum Gasteiger partial charge on any atom is 0.252 e. The van der Waals surface area contributed by atoms with Crippen LogP contribution in [0.4, 0.5) is 0 Å². The highest BCUT2D eigenvalue weighted by atomic mass is 16.5. The second-order valence-electron chi connectivity index (χ2n) is 8.42. The first-order valence-corrected chi connectivity index (χ1v) is 11.8. The van der Waals surface area contributed by atoms with Crippen molar-refractivity contribution < 1.29 is 28.7 Å². The standard InChI is InChI=1S/C26H32N4O6/c1-30-17-23(31)27-12-6-14-36-22-16-19(9-10-21(22)35-2)25(33)29-20(15-18-7-4-3-5-8-18)26(34)28-13-11-24(30)32/h3-5,7-10,16,20H,6,11-15,17H2,1-2H3,(H,27,31)(H,28,34)(H,29,33)/t20-/m0/s1. The molecule has 0 spiro atoms. The van der Waals surface area contributed by atoms with Gasteiger partial charge >= 0.3 is 0 Å². The van der Waals surface area contributed by atoms with Crippen LogP contribution in [0, 0.1) is 0 Å². The summed E-state index contributed by atoms with van der Waals surface area (Å²) in [4.78, 5) is 51.9. The molecule has 1 atom stereocenters. The lowest BCUT2D eigenvalue weighted by Gasteiger charge is -2.20. The molecule has 0 fully saturated rings. The third-order valence-electron chi connectivity index (χ3n) is 5.68. The van der Waals surface area contributed by atoms with Gasteiger partial charge in [-0.2, -0.15) is 0 Å². The second kappa shape index (κ2) is 13.1. The van der Waals surface area contributed by atoms with Gasteiger partial charge in [-0.3, -0.25) is 19.2 Å². The highest BCUT2D eigenvalue weighted by molar-refractivity contribution is 5.98. The molecular weight excluding hydrogens is 464 g/mol. The lowest BCUT2D eigenvalue weighted by Crippen LogP contribution is -2.48. The van der Waals surface area contributed by atoms with Crippen LogP contribution < -0.4 is 25.4 Å². The van der Waals surface area contributed by atoms with E-state index in [0.717, 1.165) is 5.56 Å².